The predicted molar refractivity (Wildman–Crippen MR) is 135 cm³/mol. The zero-order chi connectivity index (χ0) is 25.3. The number of hydrogen-bond donors (Lipinski definition) is 2. The molecular weight excluding hydrogens is 468 g/mol. The Hall–Kier alpha value is -3.91. The predicted octanol–water partition coefficient (Wildman–Crippen LogP) is 5.42. The van der Waals surface area contributed by atoms with Crippen LogP contribution in [0.1, 0.15) is 51.7 Å². The number of benzene rings is 2. The van der Waals surface area contributed by atoms with Gasteiger partial charge in [0.2, 0.25) is 0 Å². The van der Waals surface area contributed by atoms with Crippen molar-refractivity contribution in [1.82, 2.24) is 14.3 Å². The number of carbonyl (C=O) groups is 3. The largest absolute Gasteiger partial charge is 0.480 e. The molecule has 0 bridgehead atoms. The maximum absolute atomic E-state index is 13.1. The summed E-state index contributed by atoms with van der Waals surface area (Å²) in [5.74, 6) is -1.32. The van der Waals surface area contributed by atoms with E-state index in [-0.39, 0.29) is 18.2 Å². The number of carboxylic acids is 1. The highest BCUT2D eigenvalue weighted by Gasteiger charge is 2.19. The van der Waals surface area contributed by atoms with E-state index in [1.54, 1.807) is 47.3 Å². The Bertz CT molecular complexity index is 1450. The summed E-state index contributed by atoms with van der Waals surface area (Å²) in [6, 6.07) is 10.6. The first kappa shape index (κ1) is 24.2. The maximum atomic E-state index is 13.1. The van der Waals surface area contributed by atoms with Gasteiger partial charge in [0.1, 0.15) is 6.54 Å². The topological polar surface area (TPSA) is 106 Å². The smallest absolute Gasteiger partial charge is 0.323 e. The van der Waals surface area contributed by atoms with Gasteiger partial charge in [-0.3, -0.25) is 14.4 Å². The zero-order valence-corrected chi connectivity index (χ0v) is 20.4. The average Bonchev–Trinajstić information content (AvgIpc) is 3.35. The molecule has 4 rings (SSSR count). The van der Waals surface area contributed by atoms with Gasteiger partial charge in [0.25, 0.3) is 5.91 Å². The second-order valence-electron chi connectivity index (χ2n) is 8.41. The number of rotatable bonds is 8. The summed E-state index contributed by atoms with van der Waals surface area (Å²) in [4.78, 5) is 36.7. The average molecular weight is 493 g/mol. The number of aliphatic carboxylic acids is 1. The number of amides is 1. The molecule has 2 aromatic heterocycles. The van der Waals surface area contributed by atoms with E-state index in [2.05, 4.69) is 10.4 Å². The minimum atomic E-state index is -1.01. The van der Waals surface area contributed by atoms with Gasteiger partial charge in [-0.25, -0.2) is 4.68 Å². The number of anilines is 1. The maximum Gasteiger partial charge on any atom is 0.323 e. The van der Waals surface area contributed by atoms with Crippen LogP contribution in [-0.2, 0) is 11.3 Å². The first-order chi connectivity index (χ1) is 16.7. The third-order valence-electron chi connectivity index (χ3n) is 5.87. The standard InChI is InChI=1S/C26H25ClN4O4/c1-4-5-24(32)20-12-28-31(16(20)3)18-8-6-17(7-9-18)29-26(35)21-13-30(14-25(33)34)23-10-15(2)22(27)11-19(21)23/h6-13H,4-5,14H2,1-3H3,(H,29,35)(H,33,34). The molecule has 0 fully saturated rings. The summed E-state index contributed by atoms with van der Waals surface area (Å²) in [5, 5.41) is 17.5. The molecule has 0 radical (unpaired) electrons. The van der Waals surface area contributed by atoms with Crippen LogP contribution in [0.15, 0.2) is 48.8 Å². The van der Waals surface area contributed by atoms with Crippen LogP contribution in [-0.4, -0.2) is 37.1 Å². The second-order valence-corrected chi connectivity index (χ2v) is 8.82. The number of aromatic nitrogens is 3. The molecule has 0 unspecified atom stereocenters. The first-order valence-electron chi connectivity index (χ1n) is 11.2. The molecule has 35 heavy (non-hydrogen) atoms. The number of nitrogens with zero attached hydrogens (tertiary/aromatic N) is 3. The summed E-state index contributed by atoms with van der Waals surface area (Å²) in [6.45, 7) is 5.37. The van der Waals surface area contributed by atoms with Crippen LogP contribution >= 0.6 is 11.6 Å². The third kappa shape index (κ3) is 4.83. The normalized spacial score (nSPS) is 11.1. The molecule has 0 aliphatic carbocycles. The lowest BCUT2D eigenvalue weighted by atomic mass is 10.1. The van der Waals surface area contributed by atoms with Crippen LogP contribution in [0.4, 0.5) is 5.69 Å². The van der Waals surface area contributed by atoms with E-state index in [9.17, 15) is 19.5 Å². The van der Waals surface area contributed by atoms with Crippen molar-refractivity contribution in [2.45, 2.75) is 40.2 Å². The Labute approximate surface area is 207 Å². The lowest BCUT2D eigenvalue weighted by molar-refractivity contribution is -0.137. The lowest BCUT2D eigenvalue weighted by Crippen LogP contribution is -2.12. The molecule has 2 heterocycles. The van der Waals surface area contributed by atoms with Gasteiger partial charge in [0.15, 0.2) is 5.78 Å². The Balaban J connectivity index is 1.59. The van der Waals surface area contributed by atoms with Crippen molar-refractivity contribution in [3.8, 4) is 5.69 Å². The van der Waals surface area contributed by atoms with Crippen molar-refractivity contribution in [2.75, 3.05) is 5.32 Å². The van der Waals surface area contributed by atoms with Crippen LogP contribution in [0, 0.1) is 13.8 Å². The summed E-state index contributed by atoms with van der Waals surface area (Å²) in [6.07, 6.45) is 4.37. The van der Waals surface area contributed by atoms with Crippen LogP contribution in [0.5, 0.6) is 0 Å². The van der Waals surface area contributed by atoms with E-state index in [0.717, 1.165) is 23.4 Å². The molecular formula is C26H25ClN4O4. The number of halogens is 1. The number of hydrogen-bond acceptors (Lipinski definition) is 4. The molecule has 0 aliphatic rings. The first-order valence-corrected chi connectivity index (χ1v) is 11.6. The van der Waals surface area contributed by atoms with Crippen molar-refractivity contribution in [2.24, 2.45) is 0 Å². The summed E-state index contributed by atoms with van der Waals surface area (Å²) < 4.78 is 3.22. The Kier molecular flexibility index (Phi) is 6.75. The lowest BCUT2D eigenvalue weighted by Gasteiger charge is -2.08. The van der Waals surface area contributed by atoms with E-state index < -0.39 is 5.97 Å². The van der Waals surface area contributed by atoms with Crippen LogP contribution < -0.4 is 5.32 Å². The number of carbonyl (C=O) groups excluding carboxylic acids is 2. The number of fused-ring (bicyclic) bond motifs is 1. The number of Topliss-reactive ketones (excluding diaryl/α,β-unsaturated/α-hetero) is 1. The molecule has 0 saturated carbocycles. The molecule has 0 spiro atoms. The molecule has 1 amide bonds. The Morgan fingerprint density at radius 3 is 2.46 bits per heavy atom. The molecule has 8 nitrogen and oxygen atoms in total. The van der Waals surface area contributed by atoms with E-state index >= 15 is 0 Å². The zero-order valence-electron chi connectivity index (χ0n) is 19.6. The fourth-order valence-corrected chi connectivity index (χ4v) is 4.23. The molecule has 0 saturated heterocycles. The fourth-order valence-electron chi connectivity index (χ4n) is 4.06. The van der Waals surface area contributed by atoms with Gasteiger partial charge in [-0.1, -0.05) is 18.5 Å². The Morgan fingerprint density at radius 1 is 1.09 bits per heavy atom. The van der Waals surface area contributed by atoms with E-state index in [1.165, 1.54) is 10.8 Å². The fraction of sp³-hybridized carbons (Fsp3) is 0.231. The minimum absolute atomic E-state index is 0.0671. The van der Waals surface area contributed by atoms with Crippen LogP contribution in [0.25, 0.3) is 16.6 Å². The second kappa shape index (κ2) is 9.76. The van der Waals surface area contributed by atoms with E-state index in [4.69, 9.17) is 11.6 Å². The quantitative estimate of drug-likeness (QED) is 0.319. The molecule has 2 N–H and O–H groups in total. The third-order valence-corrected chi connectivity index (χ3v) is 6.28. The molecule has 180 valence electrons. The number of nitrogens with one attached hydrogen (secondary N) is 1. The molecule has 0 aliphatic heterocycles. The van der Waals surface area contributed by atoms with Crippen LogP contribution in [0.2, 0.25) is 5.02 Å². The SMILES string of the molecule is CCCC(=O)c1cnn(-c2ccc(NC(=O)c3cn(CC(=O)O)c4cc(C)c(Cl)cc34)cc2)c1C. The monoisotopic (exact) mass is 492 g/mol. The van der Waals surface area contributed by atoms with Crippen LogP contribution in [0.3, 0.4) is 0 Å². The van der Waals surface area contributed by atoms with E-state index in [1.807, 2.05) is 20.8 Å². The van der Waals surface area contributed by atoms with Crippen molar-refractivity contribution in [3.05, 3.63) is 76.2 Å². The molecule has 0 atom stereocenters. The van der Waals surface area contributed by atoms with E-state index in [0.29, 0.717) is 39.2 Å². The molecule has 2 aromatic carbocycles. The van der Waals surface area contributed by atoms with Gasteiger partial charge in [-0.05, 0) is 62.2 Å². The number of carboxylic acid groups (broad SMARTS) is 1. The van der Waals surface area contributed by atoms with Gasteiger partial charge in [0, 0.05) is 34.2 Å². The molecule has 4 aromatic rings. The number of aryl methyl sites for hydroxylation is 1. The number of ketones is 1. The van der Waals surface area contributed by atoms with Gasteiger partial charge in [-0.2, -0.15) is 5.10 Å². The van der Waals surface area contributed by atoms with Crippen molar-refractivity contribution in [1.29, 1.82) is 0 Å². The van der Waals surface area contributed by atoms with Gasteiger partial charge >= 0.3 is 5.97 Å². The minimum Gasteiger partial charge on any atom is -0.480 e. The highest BCUT2D eigenvalue weighted by atomic mass is 35.5. The summed E-state index contributed by atoms with van der Waals surface area (Å²) >= 11 is 6.28. The van der Waals surface area contributed by atoms with Gasteiger partial charge < -0.3 is 15.0 Å². The summed E-state index contributed by atoms with van der Waals surface area (Å²) in [5.41, 5.74) is 4.43. The highest BCUT2D eigenvalue weighted by Crippen LogP contribution is 2.29. The highest BCUT2D eigenvalue weighted by molar-refractivity contribution is 6.32. The summed E-state index contributed by atoms with van der Waals surface area (Å²) in [7, 11) is 0. The van der Waals surface area contributed by atoms with Crippen molar-refractivity contribution in [3.63, 3.8) is 0 Å². The van der Waals surface area contributed by atoms with Crippen molar-refractivity contribution >= 4 is 45.9 Å². The molecule has 9 heteroatoms. The van der Waals surface area contributed by atoms with Gasteiger partial charge in [0.05, 0.1) is 28.7 Å². The van der Waals surface area contributed by atoms with Gasteiger partial charge in [-0.15, -0.1) is 0 Å². The Morgan fingerprint density at radius 2 is 1.80 bits per heavy atom. The van der Waals surface area contributed by atoms with Crippen molar-refractivity contribution < 1.29 is 19.5 Å².